The molecule has 20 heavy (non-hydrogen) atoms. The van der Waals surface area contributed by atoms with Gasteiger partial charge in [-0.25, -0.2) is 13.2 Å². The molecule has 108 valence electrons. The second-order valence-electron chi connectivity index (χ2n) is 5.20. The zero-order valence-electron chi connectivity index (χ0n) is 10.7. The molecule has 0 saturated carbocycles. The van der Waals surface area contributed by atoms with Crippen molar-refractivity contribution in [3.05, 3.63) is 35.1 Å². The predicted octanol–water partition coefficient (Wildman–Crippen LogP) is 2.15. The summed E-state index contributed by atoms with van der Waals surface area (Å²) in [6.45, 7) is 1.68. The van der Waals surface area contributed by atoms with Crippen LogP contribution in [0.1, 0.15) is 23.2 Å². The summed E-state index contributed by atoms with van der Waals surface area (Å²) in [5, 5.41) is 0. The smallest absolute Gasteiger partial charge is 0.195 e. The van der Waals surface area contributed by atoms with E-state index in [0.717, 1.165) is 31.5 Å². The Morgan fingerprint density at radius 3 is 2.85 bits per heavy atom. The van der Waals surface area contributed by atoms with Gasteiger partial charge in [-0.3, -0.25) is 9.69 Å². The van der Waals surface area contributed by atoms with E-state index in [1.54, 1.807) is 0 Å². The molecule has 0 N–H and O–H groups in total. The van der Waals surface area contributed by atoms with Gasteiger partial charge in [0.1, 0.15) is 6.10 Å². The lowest BCUT2D eigenvalue weighted by molar-refractivity contribution is -0.0346. The van der Waals surface area contributed by atoms with Crippen LogP contribution in [0.4, 0.5) is 13.2 Å². The highest BCUT2D eigenvalue weighted by molar-refractivity contribution is 6.00. The van der Waals surface area contributed by atoms with Crippen molar-refractivity contribution in [3.8, 4) is 0 Å². The van der Waals surface area contributed by atoms with Crippen LogP contribution in [0, 0.1) is 17.5 Å². The standard InChI is InChI=1S/C14H14F3NO2/c15-10-4-3-9(12(16)13(10)17)14(19)11-6-18-5-1-2-8(18)7-20-11/h3-4,8,11H,1-2,5-7H2. The number of ether oxygens (including phenoxy) is 1. The number of morpholine rings is 1. The second kappa shape index (κ2) is 5.18. The number of Topliss-reactive ketones (excluding diaryl/α,β-unsaturated/α-hetero) is 1. The average Bonchev–Trinajstić information content (AvgIpc) is 2.91. The molecule has 2 aliphatic rings. The van der Waals surface area contributed by atoms with Crippen LogP contribution in [0.5, 0.6) is 0 Å². The minimum atomic E-state index is -1.62. The summed E-state index contributed by atoms with van der Waals surface area (Å²) in [5.41, 5.74) is -0.452. The summed E-state index contributed by atoms with van der Waals surface area (Å²) in [6, 6.07) is 2.04. The molecule has 3 rings (SSSR count). The van der Waals surface area contributed by atoms with Crippen LogP contribution >= 0.6 is 0 Å². The maximum Gasteiger partial charge on any atom is 0.195 e. The summed E-state index contributed by atoms with van der Waals surface area (Å²) in [5.74, 6) is -5.00. The van der Waals surface area contributed by atoms with Crippen molar-refractivity contribution in [3.63, 3.8) is 0 Å². The van der Waals surface area contributed by atoms with E-state index in [-0.39, 0.29) is 0 Å². The number of ketones is 1. The van der Waals surface area contributed by atoms with Crippen LogP contribution in [-0.4, -0.2) is 42.5 Å². The first kappa shape index (κ1) is 13.6. The van der Waals surface area contributed by atoms with Gasteiger partial charge in [-0.1, -0.05) is 0 Å². The van der Waals surface area contributed by atoms with E-state index < -0.39 is 34.9 Å². The fourth-order valence-electron chi connectivity index (χ4n) is 2.87. The summed E-state index contributed by atoms with van der Waals surface area (Å²) in [6.07, 6.45) is 1.26. The van der Waals surface area contributed by atoms with Crippen molar-refractivity contribution in [2.24, 2.45) is 0 Å². The van der Waals surface area contributed by atoms with Crippen molar-refractivity contribution in [2.45, 2.75) is 25.0 Å². The van der Waals surface area contributed by atoms with Crippen LogP contribution in [0.25, 0.3) is 0 Å². The molecule has 0 aliphatic carbocycles. The molecule has 0 radical (unpaired) electrons. The third-order valence-electron chi connectivity index (χ3n) is 3.98. The van der Waals surface area contributed by atoms with Gasteiger partial charge in [0.15, 0.2) is 23.2 Å². The SMILES string of the molecule is O=C(c1ccc(F)c(F)c1F)C1CN2CCCC2CO1. The Balaban J connectivity index is 1.81. The van der Waals surface area contributed by atoms with Crippen molar-refractivity contribution in [1.82, 2.24) is 4.90 Å². The van der Waals surface area contributed by atoms with E-state index in [4.69, 9.17) is 4.74 Å². The Hall–Kier alpha value is -1.40. The Bertz CT molecular complexity index is 549. The van der Waals surface area contributed by atoms with Gasteiger partial charge in [-0.15, -0.1) is 0 Å². The molecule has 0 spiro atoms. The lowest BCUT2D eigenvalue weighted by atomic mass is 10.0. The average molecular weight is 285 g/mol. The van der Waals surface area contributed by atoms with Gasteiger partial charge in [0, 0.05) is 12.6 Å². The first-order valence-electron chi connectivity index (χ1n) is 6.61. The molecule has 0 amide bonds. The summed E-state index contributed by atoms with van der Waals surface area (Å²) < 4.78 is 45.1. The molecule has 0 bridgehead atoms. The lowest BCUT2D eigenvalue weighted by Crippen LogP contribution is -2.49. The third-order valence-corrected chi connectivity index (χ3v) is 3.98. The molecule has 2 unspecified atom stereocenters. The van der Waals surface area contributed by atoms with Gasteiger partial charge in [-0.2, -0.15) is 0 Å². The van der Waals surface area contributed by atoms with Crippen molar-refractivity contribution >= 4 is 5.78 Å². The van der Waals surface area contributed by atoms with Crippen LogP contribution in [0.2, 0.25) is 0 Å². The summed E-state index contributed by atoms with van der Waals surface area (Å²) in [4.78, 5) is 14.3. The molecular formula is C14H14F3NO2. The number of hydrogen-bond acceptors (Lipinski definition) is 3. The number of rotatable bonds is 2. The molecule has 3 nitrogen and oxygen atoms in total. The number of carbonyl (C=O) groups excluding carboxylic acids is 1. The van der Waals surface area contributed by atoms with E-state index in [0.29, 0.717) is 19.2 Å². The molecule has 2 atom stereocenters. The van der Waals surface area contributed by atoms with E-state index in [2.05, 4.69) is 4.90 Å². The maximum absolute atomic E-state index is 13.6. The fourth-order valence-corrected chi connectivity index (χ4v) is 2.87. The van der Waals surface area contributed by atoms with Gasteiger partial charge in [0.2, 0.25) is 0 Å². The highest BCUT2D eigenvalue weighted by atomic mass is 19.2. The highest BCUT2D eigenvalue weighted by Gasteiger charge is 2.36. The molecule has 1 aromatic carbocycles. The third kappa shape index (κ3) is 2.23. The molecule has 2 fully saturated rings. The maximum atomic E-state index is 13.6. The van der Waals surface area contributed by atoms with Crippen LogP contribution in [-0.2, 0) is 4.74 Å². The Morgan fingerprint density at radius 1 is 1.25 bits per heavy atom. The number of hydrogen-bond donors (Lipinski definition) is 0. The lowest BCUT2D eigenvalue weighted by Gasteiger charge is -2.34. The topological polar surface area (TPSA) is 29.5 Å². The highest BCUT2D eigenvalue weighted by Crippen LogP contribution is 2.25. The van der Waals surface area contributed by atoms with Gasteiger partial charge in [-0.05, 0) is 31.5 Å². The van der Waals surface area contributed by atoms with Gasteiger partial charge < -0.3 is 4.74 Å². The largest absolute Gasteiger partial charge is 0.367 e. The van der Waals surface area contributed by atoms with Crippen molar-refractivity contribution in [1.29, 1.82) is 0 Å². The number of fused-ring (bicyclic) bond motifs is 1. The van der Waals surface area contributed by atoms with Crippen molar-refractivity contribution < 1.29 is 22.7 Å². The monoisotopic (exact) mass is 285 g/mol. The fraction of sp³-hybridized carbons (Fsp3) is 0.500. The van der Waals surface area contributed by atoms with E-state index in [1.807, 2.05) is 0 Å². The Kier molecular flexibility index (Phi) is 3.52. The molecule has 1 aromatic rings. The molecule has 0 aromatic heterocycles. The van der Waals surface area contributed by atoms with E-state index in [9.17, 15) is 18.0 Å². The van der Waals surface area contributed by atoms with Gasteiger partial charge in [0.25, 0.3) is 0 Å². The molecule has 2 saturated heterocycles. The predicted molar refractivity (Wildman–Crippen MR) is 65.0 cm³/mol. The second-order valence-corrected chi connectivity index (χ2v) is 5.20. The number of carbonyl (C=O) groups is 1. The van der Waals surface area contributed by atoms with Crippen LogP contribution in [0.15, 0.2) is 12.1 Å². The zero-order valence-corrected chi connectivity index (χ0v) is 10.7. The number of nitrogens with zero attached hydrogens (tertiary/aromatic N) is 1. The normalized spacial score (nSPS) is 26.6. The molecule has 2 heterocycles. The number of benzene rings is 1. The zero-order chi connectivity index (χ0) is 14.3. The Labute approximate surface area is 114 Å². The van der Waals surface area contributed by atoms with Gasteiger partial charge in [0.05, 0.1) is 12.2 Å². The van der Waals surface area contributed by atoms with E-state index in [1.165, 1.54) is 0 Å². The van der Waals surface area contributed by atoms with Crippen molar-refractivity contribution in [2.75, 3.05) is 19.7 Å². The van der Waals surface area contributed by atoms with Crippen LogP contribution in [0.3, 0.4) is 0 Å². The van der Waals surface area contributed by atoms with E-state index >= 15 is 0 Å². The molecule has 6 heteroatoms. The summed E-state index contributed by atoms with van der Waals surface area (Å²) in [7, 11) is 0. The quantitative estimate of drug-likeness (QED) is 0.616. The van der Waals surface area contributed by atoms with Crippen LogP contribution < -0.4 is 0 Å². The summed E-state index contributed by atoms with van der Waals surface area (Å²) >= 11 is 0. The number of halogens is 3. The minimum absolute atomic E-state index is 0.314. The first-order chi connectivity index (χ1) is 9.58. The molecule has 2 aliphatic heterocycles. The first-order valence-corrected chi connectivity index (χ1v) is 6.61. The Morgan fingerprint density at radius 2 is 2.05 bits per heavy atom. The van der Waals surface area contributed by atoms with Gasteiger partial charge >= 0.3 is 0 Å². The minimum Gasteiger partial charge on any atom is -0.367 e. The molecular weight excluding hydrogens is 271 g/mol.